The smallest absolute Gasteiger partial charge is 0.407 e. The number of hydrogen-bond acceptors (Lipinski definition) is 5. The maximum atomic E-state index is 13.4. The van der Waals surface area contributed by atoms with Crippen LogP contribution in [-0.2, 0) is 20.9 Å². The van der Waals surface area contributed by atoms with Crippen molar-refractivity contribution in [3.8, 4) is 16.9 Å². The summed E-state index contributed by atoms with van der Waals surface area (Å²) in [4.78, 5) is 37.9. The van der Waals surface area contributed by atoms with E-state index >= 15 is 0 Å². The summed E-state index contributed by atoms with van der Waals surface area (Å²) in [6.45, 7) is 5.45. The number of rotatable bonds is 11. The molecule has 1 fully saturated rings. The van der Waals surface area contributed by atoms with Crippen LogP contribution in [0.3, 0.4) is 0 Å². The van der Waals surface area contributed by atoms with Gasteiger partial charge in [-0.25, -0.2) is 4.79 Å². The predicted molar refractivity (Wildman–Crippen MR) is 156 cm³/mol. The SMILES string of the molecule is Cc1cccc(OCCCC(=O)N2C[C@@H]3C[C@@H]3c3c(-c4cccc(COC(=O)NCCC(=O)O)c4)cccc32)c1C. The summed E-state index contributed by atoms with van der Waals surface area (Å²) in [5.74, 6) is 0.925. The van der Waals surface area contributed by atoms with Crippen LogP contribution >= 0.6 is 0 Å². The number of aliphatic carboxylic acids is 1. The zero-order chi connectivity index (χ0) is 28.9. The van der Waals surface area contributed by atoms with Gasteiger partial charge >= 0.3 is 12.1 Å². The molecular formula is C33H36N2O6. The molecular weight excluding hydrogens is 520 g/mol. The van der Waals surface area contributed by atoms with E-state index in [1.165, 1.54) is 11.1 Å². The molecule has 2 N–H and O–H groups in total. The van der Waals surface area contributed by atoms with E-state index in [4.69, 9.17) is 14.6 Å². The minimum absolute atomic E-state index is 0.0154. The Kier molecular flexibility index (Phi) is 8.57. The summed E-state index contributed by atoms with van der Waals surface area (Å²) in [5, 5.41) is 11.2. The molecule has 1 aliphatic heterocycles. The number of carbonyl (C=O) groups excluding carboxylic acids is 2. The number of benzene rings is 3. The van der Waals surface area contributed by atoms with Crippen molar-refractivity contribution in [2.24, 2.45) is 5.92 Å². The second-order valence-electron chi connectivity index (χ2n) is 10.8. The lowest BCUT2D eigenvalue weighted by molar-refractivity contribution is -0.136. The average molecular weight is 557 g/mol. The number of nitrogens with one attached hydrogen (secondary N) is 1. The number of carboxylic acids is 1. The molecule has 2 aliphatic rings. The number of aryl methyl sites for hydroxylation is 1. The first-order valence-electron chi connectivity index (χ1n) is 14.2. The van der Waals surface area contributed by atoms with E-state index in [1.54, 1.807) is 0 Å². The Bertz CT molecular complexity index is 1450. The Labute approximate surface area is 240 Å². The fourth-order valence-corrected chi connectivity index (χ4v) is 5.52. The highest BCUT2D eigenvalue weighted by Gasteiger charge is 2.47. The van der Waals surface area contributed by atoms with Crippen LogP contribution < -0.4 is 15.0 Å². The summed E-state index contributed by atoms with van der Waals surface area (Å²) >= 11 is 0. The maximum Gasteiger partial charge on any atom is 0.407 e. The van der Waals surface area contributed by atoms with Gasteiger partial charge in [0.1, 0.15) is 12.4 Å². The van der Waals surface area contributed by atoms with E-state index in [1.807, 2.05) is 53.4 Å². The Hall–Kier alpha value is -4.33. The van der Waals surface area contributed by atoms with Crippen molar-refractivity contribution < 1.29 is 29.0 Å². The molecule has 3 aromatic carbocycles. The van der Waals surface area contributed by atoms with Gasteiger partial charge in [0.05, 0.1) is 13.0 Å². The van der Waals surface area contributed by atoms with Crippen LogP contribution in [0, 0.1) is 19.8 Å². The number of ether oxygens (including phenoxy) is 2. The molecule has 41 heavy (non-hydrogen) atoms. The summed E-state index contributed by atoms with van der Waals surface area (Å²) in [7, 11) is 0. The number of alkyl carbamates (subject to hydrolysis) is 1. The van der Waals surface area contributed by atoms with E-state index in [-0.39, 0.29) is 25.5 Å². The molecule has 8 nitrogen and oxygen atoms in total. The zero-order valence-corrected chi connectivity index (χ0v) is 23.5. The van der Waals surface area contributed by atoms with Crippen molar-refractivity contribution >= 4 is 23.7 Å². The number of amides is 2. The number of fused-ring (bicyclic) bond motifs is 3. The topological polar surface area (TPSA) is 105 Å². The Balaban J connectivity index is 1.24. The second-order valence-corrected chi connectivity index (χ2v) is 10.8. The molecule has 8 heteroatoms. The van der Waals surface area contributed by atoms with Crippen LogP contribution in [0.2, 0.25) is 0 Å². The molecule has 0 spiro atoms. The van der Waals surface area contributed by atoms with Crippen LogP contribution in [0.4, 0.5) is 10.5 Å². The number of nitrogens with zero attached hydrogens (tertiary/aromatic N) is 1. The van der Waals surface area contributed by atoms with Gasteiger partial charge in [0.25, 0.3) is 0 Å². The van der Waals surface area contributed by atoms with Crippen LogP contribution in [0.1, 0.15) is 53.9 Å². The first-order valence-corrected chi connectivity index (χ1v) is 14.2. The molecule has 0 unspecified atom stereocenters. The third-order valence-electron chi connectivity index (χ3n) is 7.95. The molecule has 3 aromatic rings. The van der Waals surface area contributed by atoms with E-state index in [0.717, 1.165) is 46.7 Å². The Morgan fingerprint density at radius 2 is 1.83 bits per heavy atom. The van der Waals surface area contributed by atoms with Gasteiger partial charge in [-0.2, -0.15) is 0 Å². The summed E-state index contributed by atoms with van der Waals surface area (Å²) in [5.41, 5.74) is 7.46. The fourth-order valence-electron chi connectivity index (χ4n) is 5.52. The molecule has 0 saturated heterocycles. The first-order chi connectivity index (χ1) is 19.8. The van der Waals surface area contributed by atoms with Gasteiger partial charge in [-0.15, -0.1) is 0 Å². The lowest BCUT2D eigenvalue weighted by Gasteiger charge is -2.31. The van der Waals surface area contributed by atoms with Gasteiger partial charge in [-0.05, 0) is 90.1 Å². The number of carboxylic acid groups (broad SMARTS) is 1. The minimum Gasteiger partial charge on any atom is -0.493 e. The van der Waals surface area contributed by atoms with Gasteiger partial charge in [0.15, 0.2) is 0 Å². The molecule has 5 rings (SSSR count). The predicted octanol–water partition coefficient (Wildman–Crippen LogP) is 5.98. The normalized spacial score (nSPS) is 16.8. The van der Waals surface area contributed by atoms with Gasteiger partial charge < -0.3 is 24.8 Å². The monoisotopic (exact) mass is 556 g/mol. The highest BCUT2D eigenvalue weighted by atomic mass is 16.5. The van der Waals surface area contributed by atoms with Crippen LogP contribution in [0.15, 0.2) is 60.7 Å². The highest BCUT2D eigenvalue weighted by Crippen LogP contribution is 2.57. The molecule has 2 atom stereocenters. The quantitative estimate of drug-likeness (QED) is 0.282. The Morgan fingerprint density at radius 3 is 2.66 bits per heavy atom. The third-order valence-corrected chi connectivity index (χ3v) is 7.95. The number of anilines is 1. The maximum absolute atomic E-state index is 13.4. The van der Waals surface area contributed by atoms with Crippen LogP contribution in [-0.4, -0.2) is 42.8 Å². The van der Waals surface area contributed by atoms with Crippen molar-refractivity contribution in [1.29, 1.82) is 0 Å². The van der Waals surface area contributed by atoms with Gasteiger partial charge in [0.2, 0.25) is 5.91 Å². The highest BCUT2D eigenvalue weighted by molar-refractivity contribution is 5.97. The average Bonchev–Trinajstić information content (AvgIpc) is 3.75. The minimum atomic E-state index is -0.982. The van der Waals surface area contributed by atoms with Crippen molar-refractivity contribution in [2.75, 3.05) is 24.6 Å². The first kappa shape index (κ1) is 28.2. The third kappa shape index (κ3) is 6.70. The van der Waals surface area contributed by atoms with Crippen molar-refractivity contribution in [2.45, 2.75) is 52.1 Å². The molecule has 0 radical (unpaired) electrons. The van der Waals surface area contributed by atoms with Crippen molar-refractivity contribution in [1.82, 2.24) is 5.32 Å². The summed E-state index contributed by atoms with van der Waals surface area (Å²) < 4.78 is 11.2. The second kappa shape index (κ2) is 12.5. The van der Waals surface area contributed by atoms with Gasteiger partial charge in [-0.1, -0.05) is 42.5 Å². The molecule has 2 amide bonds. The van der Waals surface area contributed by atoms with E-state index in [9.17, 15) is 14.4 Å². The largest absolute Gasteiger partial charge is 0.493 e. The van der Waals surface area contributed by atoms with Crippen molar-refractivity contribution in [3.63, 3.8) is 0 Å². The standard InChI is InChI=1S/C33H36N2O6/c1-21-7-3-12-29(22(21)2)40-16-6-13-30(36)35-19-25-18-27(25)32-26(10-5-11-28(32)35)24-9-4-8-23(17-24)20-41-33(39)34-15-14-31(37)38/h3-5,7-12,17,25,27H,6,13-16,18-20H2,1-2H3,(H,34,39)(H,37,38)/t25-,27-/m0/s1. The lowest BCUT2D eigenvalue weighted by atomic mass is 9.91. The van der Waals surface area contributed by atoms with Crippen LogP contribution in [0.5, 0.6) is 5.75 Å². The molecule has 0 bridgehead atoms. The zero-order valence-electron chi connectivity index (χ0n) is 23.5. The summed E-state index contributed by atoms with van der Waals surface area (Å²) in [6.07, 6.45) is 1.34. The fraction of sp³-hybridized carbons (Fsp3) is 0.364. The van der Waals surface area contributed by atoms with Gasteiger partial charge in [-0.3, -0.25) is 9.59 Å². The molecule has 0 aromatic heterocycles. The Morgan fingerprint density at radius 1 is 1.02 bits per heavy atom. The summed E-state index contributed by atoms with van der Waals surface area (Å²) in [6, 6.07) is 20.0. The van der Waals surface area contributed by atoms with Gasteiger partial charge in [0, 0.05) is 25.2 Å². The molecule has 214 valence electrons. The number of hydrogen-bond donors (Lipinski definition) is 2. The van der Waals surface area contributed by atoms with Crippen LogP contribution in [0.25, 0.3) is 11.1 Å². The molecule has 1 aliphatic carbocycles. The lowest BCUT2D eigenvalue weighted by Crippen LogP contribution is -2.36. The van der Waals surface area contributed by atoms with Crippen molar-refractivity contribution in [3.05, 3.63) is 82.9 Å². The van der Waals surface area contributed by atoms with E-state index in [2.05, 4.69) is 31.3 Å². The molecule has 1 saturated carbocycles. The molecule has 1 heterocycles. The van der Waals surface area contributed by atoms with E-state index < -0.39 is 12.1 Å². The number of carbonyl (C=O) groups is 3. The van der Waals surface area contributed by atoms with E-state index in [0.29, 0.717) is 31.3 Å².